The van der Waals surface area contributed by atoms with E-state index in [0.717, 1.165) is 17.5 Å². The molecule has 2 aromatic carbocycles. The Bertz CT molecular complexity index is 1520. The minimum absolute atomic E-state index is 0.0129. The number of hydrogen-bond acceptors (Lipinski definition) is 11. The van der Waals surface area contributed by atoms with Gasteiger partial charge in [0.05, 0.1) is 42.2 Å². The molecule has 0 aromatic heterocycles. The molecule has 3 aliphatic heterocycles. The van der Waals surface area contributed by atoms with Gasteiger partial charge in [0.15, 0.2) is 27.0 Å². The number of hydrogen-bond donors (Lipinski definition) is 1. The lowest BCUT2D eigenvalue weighted by Crippen LogP contribution is -2.55. The molecule has 10 atom stereocenters. The number of rotatable bonds is 13. The van der Waals surface area contributed by atoms with Crippen LogP contribution < -0.4 is 0 Å². The summed E-state index contributed by atoms with van der Waals surface area (Å²) >= 11 is 0. The maximum atomic E-state index is 13.0. The molecular weight excluding hydrogens is 693 g/mol. The zero-order chi connectivity index (χ0) is 37.0. The lowest BCUT2D eigenvalue weighted by Gasteiger charge is -2.45. The molecule has 13 heteroatoms. The number of ether oxygens (including phenoxy) is 6. The third-order valence-corrected chi connectivity index (χ3v) is 16.1. The zero-order valence-electron chi connectivity index (χ0n) is 31.1. The Hall–Kier alpha value is -2.17. The molecule has 2 saturated heterocycles. The van der Waals surface area contributed by atoms with Gasteiger partial charge in [0.1, 0.15) is 24.9 Å². The van der Waals surface area contributed by atoms with Crippen molar-refractivity contribution in [1.29, 1.82) is 0 Å². The molecule has 0 radical (unpaired) electrons. The molecule has 51 heavy (non-hydrogen) atoms. The fourth-order valence-corrected chi connectivity index (χ4v) is 8.50. The highest BCUT2D eigenvalue weighted by molar-refractivity contribution is 7.86. The molecular formula is C38H56O11SSi. The summed E-state index contributed by atoms with van der Waals surface area (Å²) in [5.74, 6) is 0. The topological polar surface area (TPSA) is 128 Å². The molecule has 284 valence electrons. The van der Waals surface area contributed by atoms with Crippen molar-refractivity contribution in [1.82, 2.24) is 0 Å². The zero-order valence-corrected chi connectivity index (χ0v) is 32.9. The van der Waals surface area contributed by atoms with Crippen LogP contribution in [0.5, 0.6) is 0 Å². The Morgan fingerprint density at radius 3 is 2.22 bits per heavy atom. The SMILES string of the molecule is Cc1ccc(S(=O)(=O)OC[C@H]2OC=C[C@@H](OCc3ccccc3)[C@@H]2O[C@H]2C[C@@H](O)[C@H](O[C@H]3CC[C@H](O[Si](C)(C)C(C)(C)C)[C@H](C)O3)[C@@H](C)O2)cc1. The van der Waals surface area contributed by atoms with Crippen molar-refractivity contribution in [3.8, 4) is 0 Å². The van der Waals surface area contributed by atoms with Crippen LogP contribution in [0, 0.1) is 6.92 Å². The second-order valence-corrected chi connectivity index (χ2v) is 21.7. The molecule has 0 spiro atoms. The van der Waals surface area contributed by atoms with Crippen LogP contribution in [0.2, 0.25) is 18.1 Å². The predicted octanol–water partition coefficient (Wildman–Crippen LogP) is 6.38. The van der Waals surface area contributed by atoms with Gasteiger partial charge >= 0.3 is 0 Å². The molecule has 0 saturated carbocycles. The van der Waals surface area contributed by atoms with Gasteiger partial charge in [0, 0.05) is 12.8 Å². The van der Waals surface area contributed by atoms with E-state index in [1.165, 1.54) is 18.4 Å². The summed E-state index contributed by atoms with van der Waals surface area (Å²) in [4.78, 5) is 0.0439. The van der Waals surface area contributed by atoms with E-state index in [9.17, 15) is 13.5 Å². The summed E-state index contributed by atoms with van der Waals surface area (Å²) in [7, 11) is -6.04. The molecule has 0 aliphatic carbocycles. The number of aliphatic hydroxyl groups excluding tert-OH is 1. The van der Waals surface area contributed by atoms with E-state index < -0.39 is 67.6 Å². The Balaban J connectivity index is 1.22. The maximum Gasteiger partial charge on any atom is 0.297 e. The monoisotopic (exact) mass is 748 g/mol. The summed E-state index contributed by atoms with van der Waals surface area (Å²) in [6, 6.07) is 16.1. The van der Waals surface area contributed by atoms with E-state index in [4.69, 9.17) is 37.0 Å². The molecule has 5 rings (SSSR count). The first kappa shape index (κ1) is 40.0. The molecule has 2 aromatic rings. The van der Waals surface area contributed by atoms with Gasteiger partial charge < -0.3 is 38.0 Å². The van der Waals surface area contributed by atoms with Gasteiger partial charge in [-0.2, -0.15) is 8.42 Å². The maximum absolute atomic E-state index is 13.0. The summed E-state index contributed by atoms with van der Waals surface area (Å²) in [5, 5.41) is 11.4. The van der Waals surface area contributed by atoms with Crippen molar-refractivity contribution in [3.05, 3.63) is 78.1 Å². The molecule has 3 heterocycles. The van der Waals surface area contributed by atoms with E-state index >= 15 is 0 Å². The van der Waals surface area contributed by atoms with E-state index in [2.05, 4.69) is 33.9 Å². The van der Waals surface area contributed by atoms with Gasteiger partial charge in [-0.1, -0.05) is 68.8 Å². The minimum Gasteiger partial charge on any atom is -0.493 e. The van der Waals surface area contributed by atoms with E-state index in [-0.39, 0.29) is 41.8 Å². The average molecular weight is 749 g/mol. The van der Waals surface area contributed by atoms with Crippen molar-refractivity contribution >= 4 is 18.4 Å². The van der Waals surface area contributed by atoms with E-state index in [1.54, 1.807) is 18.2 Å². The largest absolute Gasteiger partial charge is 0.493 e. The second-order valence-electron chi connectivity index (χ2n) is 15.4. The minimum atomic E-state index is -4.07. The molecule has 11 nitrogen and oxygen atoms in total. The highest BCUT2D eigenvalue weighted by Gasteiger charge is 2.45. The summed E-state index contributed by atoms with van der Waals surface area (Å²) in [6.07, 6.45) is -1.23. The van der Waals surface area contributed by atoms with Crippen LogP contribution in [0.25, 0.3) is 0 Å². The van der Waals surface area contributed by atoms with Crippen molar-refractivity contribution in [2.45, 2.75) is 152 Å². The standard InChI is InChI=1S/C38H56O11SSi/c1-25-14-16-29(17-15-25)50(40,41)44-24-33-37(32(20-21-42-33)43-23-28-12-10-9-11-13-28)48-35-22-30(39)36(27(3)46-35)47-34-19-18-31(26(2)45-34)49-51(7,8)38(4,5)6/h9-17,20-21,26-27,30-37,39H,18-19,22-24H2,1-8H3/t26-,27+,30+,31-,32+,33+,34-,35-,36+,37-/m0/s1. The number of benzene rings is 2. The molecule has 3 aliphatic rings. The second kappa shape index (κ2) is 16.9. The van der Waals surface area contributed by atoms with Gasteiger partial charge in [-0.3, -0.25) is 4.18 Å². The molecule has 1 N–H and O–H groups in total. The van der Waals surface area contributed by atoms with Crippen LogP contribution in [-0.4, -0.2) is 89.9 Å². The van der Waals surface area contributed by atoms with Crippen LogP contribution in [0.4, 0.5) is 0 Å². The molecule has 0 unspecified atom stereocenters. The van der Waals surface area contributed by atoms with Crippen molar-refractivity contribution < 1.29 is 50.6 Å². The third-order valence-electron chi connectivity index (χ3n) is 10.3. The average Bonchev–Trinajstić information content (AvgIpc) is 3.06. The first-order valence-electron chi connectivity index (χ1n) is 17.9. The lowest BCUT2D eigenvalue weighted by atomic mass is 10.0. The van der Waals surface area contributed by atoms with Crippen molar-refractivity contribution in [2.24, 2.45) is 0 Å². The van der Waals surface area contributed by atoms with Crippen LogP contribution in [0.15, 0.2) is 71.8 Å². The van der Waals surface area contributed by atoms with E-state index in [0.29, 0.717) is 6.42 Å². The smallest absolute Gasteiger partial charge is 0.297 e. The highest BCUT2D eigenvalue weighted by Crippen LogP contribution is 2.40. The van der Waals surface area contributed by atoms with Gasteiger partial charge in [0.2, 0.25) is 0 Å². The number of aryl methyl sites for hydroxylation is 1. The van der Waals surface area contributed by atoms with Crippen LogP contribution >= 0.6 is 0 Å². The van der Waals surface area contributed by atoms with Gasteiger partial charge in [0.25, 0.3) is 10.1 Å². The normalized spacial score (nSPS) is 32.0. The van der Waals surface area contributed by atoms with Gasteiger partial charge in [-0.25, -0.2) is 0 Å². The summed E-state index contributed by atoms with van der Waals surface area (Å²) < 4.78 is 75.7. The molecule has 2 fully saturated rings. The fourth-order valence-electron chi connectivity index (χ4n) is 6.16. The van der Waals surface area contributed by atoms with Crippen molar-refractivity contribution in [2.75, 3.05) is 6.61 Å². The van der Waals surface area contributed by atoms with Crippen LogP contribution in [0.3, 0.4) is 0 Å². The lowest BCUT2D eigenvalue weighted by molar-refractivity contribution is -0.316. The Kier molecular flexibility index (Phi) is 13.2. The highest BCUT2D eigenvalue weighted by atomic mass is 32.2. The Morgan fingerprint density at radius 1 is 0.902 bits per heavy atom. The third kappa shape index (κ3) is 10.5. The quantitative estimate of drug-likeness (QED) is 0.181. The Labute approximate surface area is 304 Å². The van der Waals surface area contributed by atoms with E-state index in [1.807, 2.05) is 51.1 Å². The Morgan fingerprint density at radius 2 is 1.57 bits per heavy atom. The molecule has 0 amide bonds. The van der Waals surface area contributed by atoms with Crippen molar-refractivity contribution in [3.63, 3.8) is 0 Å². The fraction of sp³-hybridized carbons (Fsp3) is 0.632. The number of aliphatic hydroxyl groups is 1. The first-order valence-corrected chi connectivity index (χ1v) is 22.3. The predicted molar refractivity (Wildman–Crippen MR) is 194 cm³/mol. The molecule has 0 bridgehead atoms. The first-order chi connectivity index (χ1) is 24.0. The van der Waals surface area contributed by atoms with Gasteiger partial charge in [-0.15, -0.1) is 0 Å². The summed E-state index contributed by atoms with van der Waals surface area (Å²) in [6.45, 7) is 16.8. The van der Waals surface area contributed by atoms with Gasteiger partial charge in [-0.05, 0) is 69.1 Å². The summed E-state index contributed by atoms with van der Waals surface area (Å²) in [5.41, 5.74) is 1.89. The van der Waals surface area contributed by atoms with Crippen LogP contribution in [-0.2, 0) is 53.8 Å². The van der Waals surface area contributed by atoms with Crippen LogP contribution in [0.1, 0.15) is 65.0 Å².